The van der Waals surface area contributed by atoms with E-state index in [-0.39, 0.29) is 24.0 Å². The number of thiazole rings is 1. The molecule has 1 aromatic heterocycles. The summed E-state index contributed by atoms with van der Waals surface area (Å²) in [6.45, 7) is 11.9. The van der Waals surface area contributed by atoms with E-state index in [0.29, 0.717) is 0 Å². The van der Waals surface area contributed by atoms with Gasteiger partial charge in [-0.05, 0) is 20.8 Å². The van der Waals surface area contributed by atoms with Gasteiger partial charge in [0, 0.05) is 17.8 Å². The van der Waals surface area contributed by atoms with E-state index in [4.69, 9.17) is 0 Å². The molecule has 0 bridgehead atoms. The normalized spacial score (nSPS) is 13.9. The van der Waals surface area contributed by atoms with Crippen LogP contribution in [0.3, 0.4) is 0 Å². The van der Waals surface area contributed by atoms with Crippen LogP contribution in [-0.2, 0) is 5.41 Å². The fraction of sp³-hybridized carbons (Fsp3) is 0.733. The third kappa shape index (κ3) is 5.63. The number of carbonyl (C=O) groups is 1. The van der Waals surface area contributed by atoms with Gasteiger partial charge < -0.3 is 15.3 Å². The molecule has 21 heavy (non-hydrogen) atoms. The number of nitrogens with one attached hydrogen (secondary N) is 1. The highest BCUT2D eigenvalue weighted by Gasteiger charge is 2.23. The topological polar surface area (TPSA) is 65.5 Å². The van der Waals surface area contributed by atoms with E-state index >= 15 is 0 Å². The summed E-state index contributed by atoms with van der Waals surface area (Å²) in [4.78, 5) is 18.2. The van der Waals surface area contributed by atoms with Crippen molar-refractivity contribution in [2.75, 3.05) is 13.6 Å². The molecule has 1 heterocycles. The molecular weight excluding hydrogens is 286 g/mol. The van der Waals surface area contributed by atoms with Gasteiger partial charge in [0.15, 0.2) is 0 Å². The summed E-state index contributed by atoms with van der Waals surface area (Å²) in [6.07, 6.45) is 0. The molecule has 0 spiro atoms. The molecule has 0 aromatic carbocycles. The molecule has 0 aliphatic carbocycles. The van der Waals surface area contributed by atoms with Gasteiger partial charge in [-0.3, -0.25) is 0 Å². The number of rotatable bonds is 4. The molecule has 120 valence electrons. The van der Waals surface area contributed by atoms with Crippen LogP contribution >= 0.6 is 11.3 Å². The molecular formula is C15H27N3O2S. The molecule has 1 rings (SSSR count). The number of aromatic nitrogens is 1. The summed E-state index contributed by atoms with van der Waals surface area (Å²) in [7, 11) is 1.67. The van der Waals surface area contributed by atoms with E-state index in [1.807, 2.05) is 12.3 Å². The lowest BCUT2D eigenvalue weighted by Crippen LogP contribution is -2.45. The highest BCUT2D eigenvalue weighted by atomic mass is 32.1. The molecule has 0 saturated carbocycles. The second kappa shape index (κ2) is 6.32. The van der Waals surface area contributed by atoms with Crippen LogP contribution < -0.4 is 5.32 Å². The minimum atomic E-state index is -0.907. The van der Waals surface area contributed by atoms with Gasteiger partial charge in [-0.2, -0.15) is 0 Å². The van der Waals surface area contributed by atoms with Crippen LogP contribution in [0.4, 0.5) is 4.79 Å². The van der Waals surface area contributed by atoms with Gasteiger partial charge in [0.2, 0.25) is 0 Å². The van der Waals surface area contributed by atoms with Crippen molar-refractivity contribution in [2.45, 2.75) is 58.6 Å². The summed E-state index contributed by atoms with van der Waals surface area (Å²) < 4.78 is 0. The maximum absolute atomic E-state index is 12.1. The molecule has 1 aromatic rings. The van der Waals surface area contributed by atoms with Crippen molar-refractivity contribution in [1.82, 2.24) is 15.2 Å². The number of aliphatic hydroxyl groups is 1. The lowest BCUT2D eigenvalue weighted by Gasteiger charge is -2.26. The number of amides is 2. The van der Waals surface area contributed by atoms with E-state index in [1.165, 1.54) is 4.90 Å². The number of likely N-dealkylation sites (N-methyl/N-ethyl adjacent to an activating group) is 1. The summed E-state index contributed by atoms with van der Waals surface area (Å²) in [5, 5.41) is 15.6. The molecule has 2 amide bonds. The second-order valence-corrected chi connectivity index (χ2v) is 8.05. The van der Waals surface area contributed by atoms with Gasteiger partial charge in [-0.15, -0.1) is 11.3 Å². The van der Waals surface area contributed by atoms with Gasteiger partial charge in [0.1, 0.15) is 5.01 Å². The highest BCUT2D eigenvalue weighted by Crippen LogP contribution is 2.26. The van der Waals surface area contributed by atoms with Crippen LogP contribution in [-0.4, -0.2) is 40.2 Å². The molecule has 1 unspecified atom stereocenters. The summed E-state index contributed by atoms with van der Waals surface area (Å²) >= 11 is 1.56. The lowest BCUT2D eigenvalue weighted by molar-refractivity contribution is 0.0528. The van der Waals surface area contributed by atoms with E-state index < -0.39 is 5.60 Å². The lowest BCUT2D eigenvalue weighted by atomic mass is 9.93. The van der Waals surface area contributed by atoms with Crippen molar-refractivity contribution >= 4 is 17.4 Å². The van der Waals surface area contributed by atoms with E-state index in [9.17, 15) is 9.90 Å². The number of urea groups is 1. The second-order valence-electron chi connectivity index (χ2n) is 7.16. The monoisotopic (exact) mass is 313 g/mol. The Morgan fingerprint density at radius 3 is 2.43 bits per heavy atom. The third-order valence-corrected chi connectivity index (χ3v) is 4.00. The van der Waals surface area contributed by atoms with E-state index in [1.54, 1.807) is 32.2 Å². The maximum atomic E-state index is 12.1. The van der Waals surface area contributed by atoms with Crippen LogP contribution in [0.5, 0.6) is 0 Å². The smallest absolute Gasteiger partial charge is 0.317 e. The number of carbonyl (C=O) groups excluding carboxylic acids is 1. The summed E-state index contributed by atoms with van der Waals surface area (Å²) in [5.74, 6) is 0. The van der Waals surface area contributed by atoms with Crippen LogP contribution in [0.25, 0.3) is 0 Å². The van der Waals surface area contributed by atoms with Crippen LogP contribution in [0.1, 0.15) is 58.3 Å². The van der Waals surface area contributed by atoms with Crippen LogP contribution in [0.15, 0.2) is 5.38 Å². The largest absolute Gasteiger partial charge is 0.389 e. The number of hydrogen-bond acceptors (Lipinski definition) is 4. The fourth-order valence-electron chi connectivity index (χ4n) is 1.84. The van der Waals surface area contributed by atoms with Crippen molar-refractivity contribution in [3.05, 3.63) is 16.1 Å². The van der Waals surface area contributed by atoms with Crippen molar-refractivity contribution in [3.63, 3.8) is 0 Å². The molecule has 1 atom stereocenters. The first kappa shape index (κ1) is 17.9. The van der Waals surface area contributed by atoms with Gasteiger partial charge in [-0.1, -0.05) is 20.8 Å². The van der Waals surface area contributed by atoms with Crippen molar-refractivity contribution in [2.24, 2.45) is 0 Å². The third-order valence-electron chi connectivity index (χ3n) is 2.97. The zero-order valence-corrected chi connectivity index (χ0v) is 14.8. The zero-order chi connectivity index (χ0) is 16.4. The Morgan fingerprint density at radius 1 is 1.43 bits per heavy atom. The average molecular weight is 313 g/mol. The summed E-state index contributed by atoms with van der Waals surface area (Å²) in [6, 6.07) is -0.361. The fourth-order valence-corrected chi connectivity index (χ4v) is 2.89. The first-order valence-corrected chi connectivity index (χ1v) is 7.98. The molecule has 6 heteroatoms. The maximum Gasteiger partial charge on any atom is 0.317 e. The summed E-state index contributed by atoms with van der Waals surface area (Å²) in [5.41, 5.74) is 0.139. The molecule has 5 nitrogen and oxygen atoms in total. The standard InChI is InChI=1S/C15H27N3O2S/c1-10(12-17-11(8-21-12)14(2,3)4)16-13(19)18(7)9-15(5,6)20/h8,10,20H,9H2,1-7H3,(H,16,19). The molecule has 0 aliphatic heterocycles. The number of nitrogens with zero attached hydrogens (tertiary/aromatic N) is 2. The Hall–Kier alpha value is -1.14. The minimum absolute atomic E-state index is 0.0101. The first-order chi connectivity index (χ1) is 9.40. The SMILES string of the molecule is CC(NC(=O)N(C)CC(C)(C)O)c1nc(C(C)(C)C)cs1. The Labute approximate surface area is 131 Å². The molecule has 0 aliphatic rings. The Balaban J connectivity index is 2.66. The zero-order valence-electron chi connectivity index (χ0n) is 14.0. The first-order valence-electron chi connectivity index (χ1n) is 7.10. The predicted molar refractivity (Wildman–Crippen MR) is 86.7 cm³/mol. The molecule has 2 N–H and O–H groups in total. The Morgan fingerprint density at radius 2 is 2.00 bits per heavy atom. The van der Waals surface area contributed by atoms with Crippen molar-refractivity contribution < 1.29 is 9.90 Å². The number of hydrogen-bond donors (Lipinski definition) is 2. The van der Waals surface area contributed by atoms with Gasteiger partial charge in [0.05, 0.1) is 23.9 Å². The van der Waals surface area contributed by atoms with E-state index in [2.05, 4.69) is 31.1 Å². The van der Waals surface area contributed by atoms with Gasteiger partial charge >= 0.3 is 6.03 Å². The molecule has 0 radical (unpaired) electrons. The molecule has 0 saturated heterocycles. The van der Waals surface area contributed by atoms with Crippen LogP contribution in [0, 0.1) is 0 Å². The van der Waals surface area contributed by atoms with Crippen molar-refractivity contribution in [1.29, 1.82) is 0 Å². The van der Waals surface area contributed by atoms with Gasteiger partial charge in [-0.25, -0.2) is 9.78 Å². The Bertz CT molecular complexity index is 486. The van der Waals surface area contributed by atoms with E-state index in [0.717, 1.165) is 10.7 Å². The van der Waals surface area contributed by atoms with Crippen LogP contribution in [0.2, 0.25) is 0 Å². The Kier molecular flexibility index (Phi) is 5.39. The molecule has 0 fully saturated rings. The van der Waals surface area contributed by atoms with Gasteiger partial charge in [0.25, 0.3) is 0 Å². The minimum Gasteiger partial charge on any atom is -0.389 e. The van der Waals surface area contributed by atoms with Crippen molar-refractivity contribution in [3.8, 4) is 0 Å². The average Bonchev–Trinajstić information content (AvgIpc) is 2.74. The highest BCUT2D eigenvalue weighted by molar-refractivity contribution is 7.09. The quantitative estimate of drug-likeness (QED) is 0.898. The predicted octanol–water partition coefficient (Wildman–Crippen LogP) is 2.91.